The molecule has 0 aromatic heterocycles. The van der Waals surface area contributed by atoms with Crippen LogP contribution in [0, 0.1) is 5.41 Å². The maximum Gasteiger partial charge on any atom is 0.0299 e. The van der Waals surface area contributed by atoms with E-state index >= 15 is 0 Å². The van der Waals surface area contributed by atoms with E-state index in [0.29, 0.717) is 5.41 Å². The van der Waals surface area contributed by atoms with Gasteiger partial charge < -0.3 is 0 Å². The second-order valence-electron chi connectivity index (χ2n) is 5.33. The van der Waals surface area contributed by atoms with Crippen molar-refractivity contribution in [2.75, 3.05) is 14.1 Å². The Hall–Kier alpha value is -0.0800. The Morgan fingerprint density at radius 3 is 1.75 bits per heavy atom. The summed E-state index contributed by atoms with van der Waals surface area (Å²) in [4.78, 5) is 0. The summed E-state index contributed by atoms with van der Waals surface area (Å²) in [5, 5.41) is 2.16. The third kappa shape index (κ3) is 4.07. The number of rotatable bonds is 3. The van der Waals surface area contributed by atoms with Crippen molar-refractivity contribution >= 4 is 0 Å². The first-order chi connectivity index (χ1) is 5.19. The Morgan fingerprint density at radius 2 is 1.50 bits per heavy atom. The summed E-state index contributed by atoms with van der Waals surface area (Å²) in [6.07, 6.45) is 1.18. The molecule has 0 spiro atoms. The van der Waals surface area contributed by atoms with Crippen LogP contribution in [0.4, 0.5) is 0 Å². The summed E-state index contributed by atoms with van der Waals surface area (Å²) in [5.74, 6) is 0. The number of hydrogen-bond acceptors (Lipinski definition) is 2. The molecule has 0 aromatic carbocycles. The van der Waals surface area contributed by atoms with E-state index in [0.717, 1.165) is 0 Å². The molecule has 2 nitrogen and oxygen atoms in total. The van der Waals surface area contributed by atoms with Crippen LogP contribution in [0.25, 0.3) is 0 Å². The number of nitrogens with one attached hydrogen (secondary N) is 1. The lowest BCUT2D eigenvalue weighted by atomic mass is 9.81. The summed E-state index contributed by atoms with van der Waals surface area (Å²) >= 11 is 0. The van der Waals surface area contributed by atoms with Gasteiger partial charge in [-0.1, -0.05) is 20.8 Å². The van der Waals surface area contributed by atoms with E-state index in [4.69, 9.17) is 0 Å². The number of hydrazine groups is 1. The smallest absolute Gasteiger partial charge is 0.0299 e. The van der Waals surface area contributed by atoms with Crippen molar-refractivity contribution in [3.05, 3.63) is 0 Å². The minimum absolute atomic E-state index is 0.215. The highest BCUT2D eigenvalue weighted by molar-refractivity contribution is 4.82. The van der Waals surface area contributed by atoms with Gasteiger partial charge in [0.2, 0.25) is 0 Å². The highest BCUT2D eigenvalue weighted by Gasteiger charge is 2.28. The SMILES string of the molecule is CNN(C)C(C)(C)CC(C)(C)C. The Balaban J connectivity index is 4.22. The monoisotopic (exact) mass is 172 g/mol. The van der Waals surface area contributed by atoms with Gasteiger partial charge in [-0.2, -0.15) is 0 Å². The Labute approximate surface area is 77.3 Å². The zero-order valence-electron chi connectivity index (χ0n) is 9.65. The van der Waals surface area contributed by atoms with Crippen LogP contribution in [0.5, 0.6) is 0 Å². The molecule has 0 heterocycles. The van der Waals surface area contributed by atoms with Crippen LogP contribution in [0.2, 0.25) is 0 Å². The van der Waals surface area contributed by atoms with E-state index in [-0.39, 0.29) is 5.54 Å². The third-order valence-electron chi connectivity index (χ3n) is 2.21. The molecule has 1 N–H and O–H groups in total. The van der Waals surface area contributed by atoms with Crippen LogP contribution in [0.15, 0.2) is 0 Å². The summed E-state index contributed by atoms with van der Waals surface area (Å²) in [6.45, 7) is 11.3. The van der Waals surface area contributed by atoms with Crippen molar-refractivity contribution in [3.8, 4) is 0 Å². The standard InChI is InChI=1S/C10H24N2/c1-9(2,3)8-10(4,5)12(7)11-6/h11H,8H2,1-7H3. The van der Waals surface area contributed by atoms with Gasteiger partial charge in [0.05, 0.1) is 0 Å². The first kappa shape index (κ1) is 11.9. The van der Waals surface area contributed by atoms with Crippen molar-refractivity contribution < 1.29 is 0 Å². The predicted octanol–water partition coefficient (Wildman–Crippen LogP) is 2.27. The van der Waals surface area contributed by atoms with Gasteiger partial charge in [0.1, 0.15) is 0 Å². The molecule has 0 aliphatic rings. The summed E-state index contributed by atoms with van der Waals surface area (Å²) in [5.41, 5.74) is 3.76. The quantitative estimate of drug-likeness (QED) is 0.657. The lowest BCUT2D eigenvalue weighted by Gasteiger charge is -2.39. The maximum atomic E-state index is 3.16. The summed E-state index contributed by atoms with van der Waals surface area (Å²) < 4.78 is 0. The van der Waals surface area contributed by atoms with Gasteiger partial charge >= 0.3 is 0 Å². The van der Waals surface area contributed by atoms with Crippen molar-refractivity contribution in [1.29, 1.82) is 0 Å². The fourth-order valence-corrected chi connectivity index (χ4v) is 1.72. The summed E-state index contributed by atoms with van der Waals surface area (Å²) in [6, 6.07) is 0. The van der Waals surface area contributed by atoms with E-state index in [9.17, 15) is 0 Å². The molecule has 0 aliphatic heterocycles. The Morgan fingerprint density at radius 1 is 1.08 bits per heavy atom. The highest BCUT2D eigenvalue weighted by atomic mass is 15.5. The van der Waals surface area contributed by atoms with Crippen molar-refractivity contribution in [1.82, 2.24) is 10.4 Å². The average Bonchev–Trinajstić information content (AvgIpc) is 1.80. The fraction of sp³-hybridized carbons (Fsp3) is 1.00. The average molecular weight is 172 g/mol. The predicted molar refractivity (Wildman–Crippen MR) is 55.0 cm³/mol. The molecule has 0 radical (unpaired) electrons. The second kappa shape index (κ2) is 3.75. The molecule has 0 saturated carbocycles. The van der Waals surface area contributed by atoms with Gasteiger partial charge in [-0.05, 0) is 32.7 Å². The van der Waals surface area contributed by atoms with Gasteiger partial charge in [0.25, 0.3) is 0 Å². The van der Waals surface area contributed by atoms with Crippen LogP contribution < -0.4 is 5.43 Å². The lowest BCUT2D eigenvalue weighted by molar-refractivity contribution is 0.0649. The first-order valence-electron chi connectivity index (χ1n) is 4.60. The molecule has 0 rings (SSSR count). The van der Waals surface area contributed by atoms with Crippen molar-refractivity contribution in [2.45, 2.75) is 46.6 Å². The fourth-order valence-electron chi connectivity index (χ4n) is 1.72. The van der Waals surface area contributed by atoms with Gasteiger partial charge in [0.15, 0.2) is 0 Å². The molecule has 0 amide bonds. The third-order valence-corrected chi connectivity index (χ3v) is 2.21. The normalized spacial score (nSPS) is 14.0. The molecule has 0 unspecified atom stereocenters. The zero-order valence-corrected chi connectivity index (χ0v) is 9.65. The van der Waals surface area contributed by atoms with E-state index in [1.54, 1.807) is 0 Å². The zero-order chi connectivity index (χ0) is 9.99. The largest absolute Gasteiger partial charge is 0.258 e. The van der Waals surface area contributed by atoms with Crippen LogP contribution in [-0.2, 0) is 0 Å². The molecular weight excluding hydrogens is 148 g/mol. The molecule has 2 heteroatoms. The van der Waals surface area contributed by atoms with Crippen molar-refractivity contribution in [3.63, 3.8) is 0 Å². The van der Waals surface area contributed by atoms with Gasteiger partial charge in [-0.3, -0.25) is 5.43 Å². The number of nitrogens with zero attached hydrogens (tertiary/aromatic N) is 1. The van der Waals surface area contributed by atoms with Crippen molar-refractivity contribution in [2.24, 2.45) is 5.41 Å². The van der Waals surface area contributed by atoms with Gasteiger partial charge in [0, 0.05) is 12.6 Å². The lowest BCUT2D eigenvalue weighted by Crippen LogP contribution is -2.49. The molecule has 12 heavy (non-hydrogen) atoms. The molecule has 0 atom stereocenters. The minimum atomic E-state index is 0.215. The van der Waals surface area contributed by atoms with Crippen LogP contribution in [0.1, 0.15) is 41.0 Å². The van der Waals surface area contributed by atoms with Gasteiger partial charge in [-0.25, -0.2) is 5.01 Å². The molecule has 0 bridgehead atoms. The molecule has 0 saturated heterocycles. The first-order valence-corrected chi connectivity index (χ1v) is 4.60. The molecule has 0 aliphatic carbocycles. The van der Waals surface area contributed by atoms with E-state index in [1.807, 2.05) is 7.05 Å². The van der Waals surface area contributed by atoms with Gasteiger partial charge in [-0.15, -0.1) is 0 Å². The Bertz CT molecular complexity index is 133. The number of hydrogen-bond donors (Lipinski definition) is 1. The van der Waals surface area contributed by atoms with E-state index in [2.05, 4.69) is 52.1 Å². The van der Waals surface area contributed by atoms with Crippen LogP contribution in [-0.4, -0.2) is 24.6 Å². The summed E-state index contributed by atoms with van der Waals surface area (Å²) in [7, 11) is 4.05. The second-order valence-corrected chi connectivity index (χ2v) is 5.33. The molecule has 0 fully saturated rings. The van der Waals surface area contributed by atoms with Crippen LogP contribution >= 0.6 is 0 Å². The van der Waals surface area contributed by atoms with E-state index in [1.165, 1.54) is 6.42 Å². The maximum absolute atomic E-state index is 3.16. The highest BCUT2D eigenvalue weighted by Crippen LogP contribution is 2.29. The topological polar surface area (TPSA) is 15.3 Å². The van der Waals surface area contributed by atoms with E-state index < -0.39 is 0 Å². The molecule has 74 valence electrons. The van der Waals surface area contributed by atoms with Crippen LogP contribution in [0.3, 0.4) is 0 Å². The minimum Gasteiger partial charge on any atom is -0.258 e. The Kier molecular flexibility index (Phi) is 3.73. The molecular formula is C10H24N2. The molecule has 0 aromatic rings.